The second-order valence-electron chi connectivity index (χ2n) is 14.4. The lowest BCUT2D eigenvalue weighted by Gasteiger charge is -2.48. The van der Waals surface area contributed by atoms with E-state index in [1.54, 1.807) is 23.0 Å². The van der Waals surface area contributed by atoms with Crippen molar-refractivity contribution in [2.24, 2.45) is 7.05 Å². The standard InChI is InChI=1S/C39H38N10O4/c1-21-5-4-6-22(2)33(21)43-34-30-17-40-39(44-35(30)46(3)45-34)41-25-8-7-23-13-14-47(18-24(23)15-25)27-19-48(20-27)26-9-10-28-29(16-26)38(53)49(37(28)52)31-11-12-32(50)42-36(31)51/h4-10,15-17,27,31H,11-14,18-20H2,1-3H3,(H,43,45)(H,40,41,44)(H,42,50,51). The zero-order valence-electron chi connectivity index (χ0n) is 29.6. The van der Waals surface area contributed by atoms with E-state index in [0.717, 1.165) is 76.7 Å². The molecule has 14 heteroatoms. The van der Waals surface area contributed by atoms with E-state index < -0.39 is 29.7 Å². The van der Waals surface area contributed by atoms with Gasteiger partial charge < -0.3 is 15.5 Å². The van der Waals surface area contributed by atoms with Crippen LogP contribution in [-0.2, 0) is 29.6 Å². The summed E-state index contributed by atoms with van der Waals surface area (Å²) in [5.74, 6) is -0.772. The number of piperidine rings is 1. The van der Waals surface area contributed by atoms with Crippen LogP contribution in [-0.4, -0.2) is 84.9 Å². The van der Waals surface area contributed by atoms with Crippen molar-refractivity contribution >= 4 is 63.5 Å². The first kappa shape index (κ1) is 32.7. The number of para-hydroxylation sites is 1. The molecule has 0 spiro atoms. The Hall–Kier alpha value is -6.15. The maximum Gasteiger partial charge on any atom is 0.262 e. The molecular weight excluding hydrogens is 672 g/mol. The van der Waals surface area contributed by atoms with E-state index in [1.807, 2.05) is 19.2 Å². The highest BCUT2D eigenvalue weighted by Gasteiger charge is 2.45. The average Bonchev–Trinajstić information content (AvgIpc) is 3.56. The first-order valence-corrected chi connectivity index (χ1v) is 17.9. The number of benzene rings is 3. The van der Waals surface area contributed by atoms with Crippen molar-refractivity contribution in [1.82, 2.24) is 34.9 Å². The van der Waals surface area contributed by atoms with E-state index in [2.05, 4.69) is 74.9 Å². The lowest BCUT2D eigenvalue weighted by Crippen LogP contribution is -2.60. The van der Waals surface area contributed by atoms with E-state index in [0.29, 0.717) is 23.4 Å². The summed E-state index contributed by atoms with van der Waals surface area (Å²) in [6.07, 6.45) is 2.98. The Morgan fingerprint density at radius 3 is 2.45 bits per heavy atom. The molecule has 5 aromatic rings. The largest absolute Gasteiger partial charge is 0.368 e. The van der Waals surface area contributed by atoms with Gasteiger partial charge in [0, 0.05) is 68.9 Å². The average molecular weight is 711 g/mol. The molecule has 2 fully saturated rings. The minimum Gasteiger partial charge on any atom is -0.368 e. The number of rotatable bonds is 7. The van der Waals surface area contributed by atoms with Gasteiger partial charge in [-0.3, -0.25) is 34.3 Å². The van der Waals surface area contributed by atoms with Gasteiger partial charge in [0.1, 0.15) is 6.04 Å². The van der Waals surface area contributed by atoms with Gasteiger partial charge in [0.2, 0.25) is 17.8 Å². The van der Waals surface area contributed by atoms with Gasteiger partial charge in [0.05, 0.1) is 16.5 Å². The van der Waals surface area contributed by atoms with Crippen LogP contribution in [0.3, 0.4) is 0 Å². The zero-order chi connectivity index (χ0) is 36.5. The highest BCUT2D eigenvalue weighted by Crippen LogP contribution is 2.35. The van der Waals surface area contributed by atoms with Crippen molar-refractivity contribution in [2.75, 3.05) is 35.2 Å². The van der Waals surface area contributed by atoms with E-state index in [-0.39, 0.29) is 18.4 Å². The van der Waals surface area contributed by atoms with E-state index in [9.17, 15) is 19.2 Å². The number of anilines is 5. The number of nitrogens with zero attached hydrogens (tertiary/aromatic N) is 7. The fourth-order valence-corrected chi connectivity index (χ4v) is 7.97. The highest BCUT2D eigenvalue weighted by molar-refractivity contribution is 6.23. The number of amides is 4. The van der Waals surface area contributed by atoms with Gasteiger partial charge in [0.15, 0.2) is 11.5 Å². The summed E-state index contributed by atoms with van der Waals surface area (Å²) in [6, 6.07) is 17.3. The number of carbonyl (C=O) groups is 4. The number of nitrogens with one attached hydrogen (secondary N) is 3. The number of carbonyl (C=O) groups excluding carboxylic acids is 4. The Bertz CT molecular complexity index is 2360. The van der Waals surface area contributed by atoms with Gasteiger partial charge in [-0.25, -0.2) is 9.67 Å². The van der Waals surface area contributed by atoms with Crippen LogP contribution in [0.25, 0.3) is 11.0 Å². The number of imide groups is 2. The fraction of sp³-hybridized carbons (Fsp3) is 0.308. The molecule has 0 radical (unpaired) electrons. The first-order chi connectivity index (χ1) is 25.6. The number of fused-ring (bicyclic) bond motifs is 3. The van der Waals surface area contributed by atoms with Crippen molar-refractivity contribution in [3.05, 3.63) is 94.2 Å². The number of aromatic nitrogens is 4. The normalized spacial score (nSPS) is 19.0. The summed E-state index contributed by atoms with van der Waals surface area (Å²) in [6.45, 7) is 7.51. The molecule has 4 amide bonds. The molecule has 268 valence electrons. The molecule has 14 nitrogen and oxygen atoms in total. The van der Waals surface area contributed by atoms with Crippen molar-refractivity contribution < 1.29 is 19.2 Å². The topological polar surface area (TPSA) is 158 Å². The maximum atomic E-state index is 13.3. The van der Waals surface area contributed by atoms with Crippen LogP contribution >= 0.6 is 0 Å². The molecule has 4 aliphatic heterocycles. The number of hydrogen-bond acceptors (Lipinski definition) is 11. The first-order valence-electron chi connectivity index (χ1n) is 17.9. The van der Waals surface area contributed by atoms with Crippen molar-refractivity contribution in [2.45, 2.75) is 51.7 Å². The van der Waals surface area contributed by atoms with Crippen LogP contribution in [0.15, 0.2) is 60.8 Å². The summed E-state index contributed by atoms with van der Waals surface area (Å²) in [5.41, 5.74) is 9.00. The predicted octanol–water partition coefficient (Wildman–Crippen LogP) is 4.12. The zero-order valence-corrected chi connectivity index (χ0v) is 29.6. The minimum absolute atomic E-state index is 0.0913. The highest BCUT2D eigenvalue weighted by atomic mass is 16.2. The molecule has 2 saturated heterocycles. The molecule has 0 aliphatic carbocycles. The maximum absolute atomic E-state index is 13.3. The van der Waals surface area contributed by atoms with Crippen LogP contribution in [0, 0.1) is 13.8 Å². The van der Waals surface area contributed by atoms with Gasteiger partial charge in [-0.05, 0) is 79.3 Å². The fourth-order valence-electron chi connectivity index (χ4n) is 7.97. The molecule has 1 unspecified atom stereocenters. The molecule has 1 atom stereocenters. The van der Waals surface area contributed by atoms with Crippen molar-refractivity contribution in [3.63, 3.8) is 0 Å². The Morgan fingerprint density at radius 1 is 0.868 bits per heavy atom. The van der Waals surface area contributed by atoms with E-state index in [4.69, 9.17) is 10.1 Å². The minimum atomic E-state index is -0.975. The van der Waals surface area contributed by atoms with Crippen molar-refractivity contribution in [3.8, 4) is 0 Å². The lowest BCUT2D eigenvalue weighted by molar-refractivity contribution is -0.136. The Balaban J connectivity index is 0.851. The van der Waals surface area contributed by atoms with Crippen LogP contribution in [0.2, 0.25) is 0 Å². The third-order valence-electron chi connectivity index (χ3n) is 11.0. The lowest BCUT2D eigenvalue weighted by atomic mass is 9.95. The van der Waals surface area contributed by atoms with E-state index in [1.165, 1.54) is 11.1 Å². The Kier molecular flexibility index (Phi) is 7.73. The number of aryl methyl sites for hydroxylation is 3. The molecule has 3 aromatic carbocycles. The van der Waals surface area contributed by atoms with Crippen LogP contribution in [0.5, 0.6) is 0 Å². The van der Waals surface area contributed by atoms with E-state index >= 15 is 0 Å². The molecule has 0 saturated carbocycles. The monoisotopic (exact) mass is 710 g/mol. The van der Waals surface area contributed by atoms with Crippen LogP contribution < -0.4 is 20.9 Å². The van der Waals surface area contributed by atoms with Gasteiger partial charge in [-0.15, -0.1) is 0 Å². The second kappa shape index (κ2) is 12.5. The third-order valence-corrected chi connectivity index (χ3v) is 11.0. The molecule has 53 heavy (non-hydrogen) atoms. The summed E-state index contributed by atoms with van der Waals surface area (Å²) < 4.78 is 1.76. The SMILES string of the molecule is Cc1cccc(C)c1Nc1nn(C)c2nc(Nc3ccc4c(c3)CN(C3CN(c5ccc6c(c5)C(=O)N(C5CCC(=O)NC5=O)C6=O)C3)CC4)ncc12. The Morgan fingerprint density at radius 2 is 1.66 bits per heavy atom. The summed E-state index contributed by atoms with van der Waals surface area (Å²) >= 11 is 0. The smallest absolute Gasteiger partial charge is 0.262 e. The molecular formula is C39H38N10O4. The second-order valence-corrected chi connectivity index (χ2v) is 14.4. The van der Waals surface area contributed by atoms with Gasteiger partial charge >= 0.3 is 0 Å². The molecule has 6 heterocycles. The summed E-state index contributed by atoms with van der Waals surface area (Å²) in [7, 11) is 1.88. The number of hydrogen-bond donors (Lipinski definition) is 3. The predicted molar refractivity (Wildman–Crippen MR) is 198 cm³/mol. The molecule has 4 aliphatic rings. The molecule has 0 bridgehead atoms. The summed E-state index contributed by atoms with van der Waals surface area (Å²) in [4.78, 5) is 65.7. The molecule has 2 aromatic heterocycles. The van der Waals surface area contributed by atoms with Gasteiger partial charge in [0.25, 0.3) is 11.8 Å². The molecule has 9 rings (SSSR count). The quantitative estimate of drug-likeness (QED) is 0.209. The van der Waals surface area contributed by atoms with Crippen molar-refractivity contribution in [1.29, 1.82) is 0 Å². The van der Waals surface area contributed by atoms with Gasteiger partial charge in [-0.1, -0.05) is 24.3 Å². The third kappa shape index (κ3) is 5.66. The van der Waals surface area contributed by atoms with Crippen LogP contribution in [0.1, 0.15) is 55.8 Å². The molecule has 3 N–H and O–H groups in total. The Labute approximate surface area is 305 Å². The summed E-state index contributed by atoms with van der Waals surface area (Å²) in [5, 5.41) is 14.7. The van der Waals surface area contributed by atoms with Gasteiger partial charge in [-0.2, -0.15) is 10.1 Å². The van der Waals surface area contributed by atoms with Crippen LogP contribution in [0.4, 0.5) is 28.8 Å².